The van der Waals surface area contributed by atoms with Crippen molar-refractivity contribution in [2.24, 2.45) is 11.8 Å². The van der Waals surface area contributed by atoms with Crippen LogP contribution in [0.25, 0.3) is 22.6 Å². The summed E-state index contributed by atoms with van der Waals surface area (Å²) in [5, 5.41) is 9.06. The highest BCUT2D eigenvalue weighted by atomic mass is 35.5. The van der Waals surface area contributed by atoms with Gasteiger partial charge < -0.3 is 0 Å². The number of hydrogen-bond acceptors (Lipinski definition) is 3. The summed E-state index contributed by atoms with van der Waals surface area (Å²) in [6, 6.07) is 5.59. The van der Waals surface area contributed by atoms with E-state index in [1.165, 1.54) is 12.8 Å². The van der Waals surface area contributed by atoms with Crippen LogP contribution in [0.3, 0.4) is 0 Å². The number of nitrogens with zero attached hydrogens (tertiary/aromatic N) is 3. The van der Waals surface area contributed by atoms with Crippen LogP contribution in [0.1, 0.15) is 44.7 Å². The molecule has 1 aromatic rings. The first kappa shape index (κ1) is 16.8. The van der Waals surface area contributed by atoms with Crippen molar-refractivity contribution in [2.75, 3.05) is 0 Å². The Hall–Kier alpha value is -1.65. The molecule has 130 valence electrons. The van der Waals surface area contributed by atoms with Gasteiger partial charge in [0.15, 0.2) is 5.82 Å². The SMILES string of the molecule is CCC(C)C(c1n[nH]c2ncnc-2c1-c1ccc(Cl)cc1Cl)C1CC1. The second-order valence-corrected chi connectivity index (χ2v) is 7.77. The van der Waals surface area contributed by atoms with Crippen molar-refractivity contribution in [3.63, 3.8) is 0 Å². The molecule has 2 heterocycles. The molecule has 2 aliphatic heterocycles. The van der Waals surface area contributed by atoms with E-state index in [9.17, 15) is 0 Å². The second-order valence-electron chi connectivity index (χ2n) is 6.93. The van der Waals surface area contributed by atoms with E-state index in [1.807, 2.05) is 12.1 Å². The number of nitrogens with one attached hydrogen (secondary N) is 1. The van der Waals surface area contributed by atoms with Gasteiger partial charge in [0.25, 0.3) is 0 Å². The number of halogens is 2. The lowest BCUT2D eigenvalue weighted by Gasteiger charge is -2.25. The summed E-state index contributed by atoms with van der Waals surface area (Å²) in [5.41, 5.74) is 3.78. The summed E-state index contributed by atoms with van der Waals surface area (Å²) in [5.74, 6) is 2.30. The summed E-state index contributed by atoms with van der Waals surface area (Å²) in [6.45, 7) is 4.54. The molecule has 1 aliphatic carbocycles. The van der Waals surface area contributed by atoms with Crippen LogP contribution in [0.15, 0.2) is 24.5 Å². The Morgan fingerprint density at radius 1 is 1.24 bits per heavy atom. The topological polar surface area (TPSA) is 54.5 Å². The first-order valence-electron chi connectivity index (χ1n) is 8.74. The first-order valence-corrected chi connectivity index (χ1v) is 9.50. The molecule has 0 bridgehead atoms. The fourth-order valence-corrected chi connectivity index (χ4v) is 4.19. The van der Waals surface area contributed by atoms with E-state index in [1.54, 1.807) is 12.4 Å². The lowest BCUT2D eigenvalue weighted by Crippen LogP contribution is -2.16. The maximum absolute atomic E-state index is 6.55. The van der Waals surface area contributed by atoms with Crippen LogP contribution in [0.2, 0.25) is 10.0 Å². The zero-order chi connectivity index (χ0) is 17.6. The molecule has 1 N–H and O–H groups in total. The van der Waals surface area contributed by atoms with E-state index in [0.29, 0.717) is 33.6 Å². The summed E-state index contributed by atoms with van der Waals surface area (Å²) in [7, 11) is 0. The molecule has 6 heteroatoms. The largest absolute Gasteiger partial charge is 0.259 e. The molecule has 2 atom stereocenters. The van der Waals surface area contributed by atoms with E-state index >= 15 is 0 Å². The van der Waals surface area contributed by atoms with Gasteiger partial charge in [0.05, 0.1) is 10.7 Å². The van der Waals surface area contributed by atoms with Crippen LogP contribution in [0.5, 0.6) is 0 Å². The normalized spacial score (nSPS) is 17.0. The van der Waals surface area contributed by atoms with Gasteiger partial charge >= 0.3 is 0 Å². The third kappa shape index (κ3) is 3.02. The van der Waals surface area contributed by atoms with Gasteiger partial charge in [0.1, 0.15) is 12.0 Å². The standard InChI is InChI=1S/C19H20Cl2N4/c1-3-10(2)15(11-4-5-11)17-16(13-7-6-12(20)8-14(13)21)18-19(25-24-17)23-9-22-18/h6-11,15H,3-5H2,1-2H3,(H,22,23,25). The highest BCUT2D eigenvalue weighted by molar-refractivity contribution is 6.36. The fourth-order valence-electron chi connectivity index (χ4n) is 3.69. The van der Waals surface area contributed by atoms with Gasteiger partial charge in [-0.15, -0.1) is 0 Å². The van der Waals surface area contributed by atoms with Gasteiger partial charge in [-0.1, -0.05) is 49.5 Å². The lowest BCUT2D eigenvalue weighted by molar-refractivity contribution is 0.396. The van der Waals surface area contributed by atoms with E-state index in [2.05, 4.69) is 28.9 Å². The van der Waals surface area contributed by atoms with Crippen molar-refractivity contribution >= 4 is 23.2 Å². The van der Waals surface area contributed by atoms with Crippen LogP contribution in [0, 0.1) is 11.8 Å². The van der Waals surface area contributed by atoms with Gasteiger partial charge in [0, 0.05) is 22.1 Å². The number of rotatable bonds is 5. The molecular formula is C19H20Cl2N4. The predicted octanol–water partition coefficient (Wildman–Crippen LogP) is 5.82. The van der Waals surface area contributed by atoms with Crippen molar-refractivity contribution in [3.05, 3.63) is 40.3 Å². The summed E-state index contributed by atoms with van der Waals surface area (Å²) < 4.78 is 0. The fraction of sp³-hybridized carbons (Fsp3) is 0.421. The molecule has 0 aromatic heterocycles. The molecule has 0 radical (unpaired) electrons. The van der Waals surface area contributed by atoms with Gasteiger partial charge in [-0.05, 0) is 36.8 Å². The first-order chi connectivity index (χ1) is 12.1. The van der Waals surface area contributed by atoms with Crippen LogP contribution in [-0.4, -0.2) is 20.2 Å². The van der Waals surface area contributed by atoms with E-state index in [4.69, 9.17) is 28.3 Å². The molecule has 1 aromatic carbocycles. The Kier molecular flexibility index (Phi) is 4.42. The molecule has 1 saturated carbocycles. The van der Waals surface area contributed by atoms with Gasteiger partial charge in [-0.25, -0.2) is 9.97 Å². The molecule has 2 unspecified atom stereocenters. The minimum atomic E-state index is 0.393. The highest BCUT2D eigenvalue weighted by Crippen LogP contribution is 2.50. The summed E-state index contributed by atoms with van der Waals surface area (Å²) in [4.78, 5) is 8.77. The molecular weight excluding hydrogens is 355 g/mol. The molecule has 0 spiro atoms. The number of benzene rings is 1. The third-order valence-corrected chi connectivity index (χ3v) is 5.82. The Bertz CT molecular complexity index is 872. The quantitative estimate of drug-likeness (QED) is 0.612. The molecule has 3 aliphatic rings. The Balaban J connectivity index is 1.96. The molecule has 0 saturated heterocycles. The number of aromatic amines is 1. The zero-order valence-electron chi connectivity index (χ0n) is 14.3. The summed E-state index contributed by atoms with van der Waals surface area (Å²) in [6.07, 6.45) is 5.20. The minimum absolute atomic E-state index is 0.393. The van der Waals surface area contributed by atoms with E-state index in [0.717, 1.165) is 28.9 Å². The van der Waals surface area contributed by atoms with Gasteiger partial charge in [-0.3, -0.25) is 5.10 Å². The summed E-state index contributed by atoms with van der Waals surface area (Å²) >= 11 is 12.6. The number of hydrogen-bond donors (Lipinski definition) is 1. The van der Waals surface area contributed by atoms with Crippen molar-refractivity contribution in [1.29, 1.82) is 0 Å². The van der Waals surface area contributed by atoms with Crippen molar-refractivity contribution in [2.45, 2.75) is 39.0 Å². The van der Waals surface area contributed by atoms with Crippen LogP contribution >= 0.6 is 23.2 Å². The van der Waals surface area contributed by atoms with Crippen LogP contribution in [0.4, 0.5) is 0 Å². The molecule has 4 rings (SSSR count). The third-order valence-electron chi connectivity index (χ3n) is 5.28. The monoisotopic (exact) mass is 374 g/mol. The number of fused-ring (bicyclic) bond motifs is 1. The average molecular weight is 375 g/mol. The molecule has 0 amide bonds. The van der Waals surface area contributed by atoms with Crippen molar-refractivity contribution in [3.8, 4) is 22.6 Å². The number of imidazole rings is 1. The smallest absolute Gasteiger partial charge is 0.174 e. The van der Waals surface area contributed by atoms with Crippen LogP contribution < -0.4 is 0 Å². The molecule has 1 fully saturated rings. The zero-order valence-corrected chi connectivity index (χ0v) is 15.8. The predicted molar refractivity (Wildman–Crippen MR) is 101 cm³/mol. The number of aromatic nitrogens is 4. The Morgan fingerprint density at radius 3 is 2.72 bits per heavy atom. The number of H-pyrrole nitrogens is 1. The minimum Gasteiger partial charge on any atom is -0.259 e. The lowest BCUT2D eigenvalue weighted by atomic mass is 9.81. The van der Waals surface area contributed by atoms with E-state index in [-0.39, 0.29) is 0 Å². The molecule has 4 nitrogen and oxygen atoms in total. The highest BCUT2D eigenvalue weighted by Gasteiger charge is 2.39. The molecule has 25 heavy (non-hydrogen) atoms. The van der Waals surface area contributed by atoms with Gasteiger partial charge in [-0.2, -0.15) is 5.10 Å². The van der Waals surface area contributed by atoms with Gasteiger partial charge in [0.2, 0.25) is 0 Å². The van der Waals surface area contributed by atoms with E-state index < -0.39 is 0 Å². The Morgan fingerprint density at radius 2 is 2.04 bits per heavy atom. The van der Waals surface area contributed by atoms with Crippen molar-refractivity contribution < 1.29 is 0 Å². The average Bonchev–Trinajstić information content (AvgIpc) is 3.31. The Labute approximate surface area is 157 Å². The maximum Gasteiger partial charge on any atom is 0.174 e. The van der Waals surface area contributed by atoms with Crippen LogP contribution in [-0.2, 0) is 0 Å². The second kappa shape index (κ2) is 6.58. The maximum atomic E-state index is 6.55. The van der Waals surface area contributed by atoms with Crippen molar-refractivity contribution in [1.82, 2.24) is 20.2 Å².